The molecule has 2 atom stereocenters. The van der Waals surface area contributed by atoms with Crippen LogP contribution in [-0.2, 0) is 6.61 Å². The Bertz CT molecular complexity index is 1150. The van der Waals surface area contributed by atoms with E-state index in [1.807, 2.05) is 18.2 Å². The molecule has 7 nitrogen and oxygen atoms in total. The monoisotopic (exact) mass is 483 g/mol. The van der Waals surface area contributed by atoms with E-state index in [4.69, 9.17) is 9.47 Å². The summed E-state index contributed by atoms with van der Waals surface area (Å²) in [6.07, 6.45) is 3.38. The fourth-order valence-corrected chi connectivity index (χ4v) is 4.64. The number of halogens is 1. The molecule has 0 unspecified atom stereocenters. The normalized spacial score (nSPS) is 17.6. The van der Waals surface area contributed by atoms with Crippen molar-refractivity contribution in [3.8, 4) is 11.5 Å². The van der Waals surface area contributed by atoms with Crippen LogP contribution in [-0.4, -0.2) is 36.0 Å². The molecule has 1 aliphatic rings. The van der Waals surface area contributed by atoms with Crippen molar-refractivity contribution in [1.29, 1.82) is 0 Å². The first-order valence-electron chi connectivity index (χ1n) is 11.1. The van der Waals surface area contributed by atoms with Gasteiger partial charge in [-0.1, -0.05) is 31.0 Å². The summed E-state index contributed by atoms with van der Waals surface area (Å²) in [4.78, 5) is 29.8. The first-order valence-corrected chi connectivity index (χ1v) is 12.0. The van der Waals surface area contributed by atoms with Crippen LogP contribution in [0.5, 0.6) is 11.5 Å². The van der Waals surface area contributed by atoms with Gasteiger partial charge in [0.05, 0.1) is 7.11 Å². The third-order valence-electron chi connectivity index (χ3n) is 5.69. The van der Waals surface area contributed by atoms with Gasteiger partial charge in [-0.3, -0.25) is 9.59 Å². The van der Waals surface area contributed by atoms with Gasteiger partial charge in [-0.2, -0.15) is 0 Å². The lowest BCUT2D eigenvalue weighted by atomic mass is 9.90. The predicted molar refractivity (Wildman–Crippen MR) is 127 cm³/mol. The molecule has 0 aliphatic heterocycles. The maximum absolute atomic E-state index is 13.5. The van der Waals surface area contributed by atoms with Gasteiger partial charge in [-0.15, -0.1) is 11.3 Å². The van der Waals surface area contributed by atoms with Crippen LogP contribution < -0.4 is 20.1 Å². The minimum absolute atomic E-state index is 0.216. The minimum atomic E-state index is -0.463. The summed E-state index contributed by atoms with van der Waals surface area (Å²) >= 11 is 1.34. The zero-order valence-corrected chi connectivity index (χ0v) is 19.6. The van der Waals surface area contributed by atoms with Gasteiger partial charge in [-0.05, 0) is 43.2 Å². The molecule has 1 aromatic heterocycles. The van der Waals surface area contributed by atoms with E-state index in [9.17, 15) is 14.0 Å². The zero-order valence-electron chi connectivity index (χ0n) is 18.8. The summed E-state index contributed by atoms with van der Waals surface area (Å²) in [5.74, 6) is 0.118. The van der Waals surface area contributed by atoms with Crippen molar-refractivity contribution in [1.82, 2.24) is 15.6 Å². The molecule has 178 valence electrons. The number of hydrogen-bond donors (Lipinski definition) is 2. The molecule has 1 aliphatic carbocycles. The first kappa shape index (κ1) is 23.7. The summed E-state index contributed by atoms with van der Waals surface area (Å²) in [5.41, 5.74) is 0.569. The quantitative estimate of drug-likeness (QED) is 0.498. The second-order valence-electron chi connectivity index (χ2n) is 8.02. The van der Waals surface area contributed by atoms with Gasteiger partial charge in [0.25, 0.3) is 11.8 Å². The van der Waals surface area contributed by atoms with Gasteiger partial charge in [0, 0.05) is 23.0 Å². The van der Waals surface area contributed by atoms with Crippen LogP contribution in [0, 0.1) is 5.82 Å². The Balaban J connectivity index is 1.35. The topological polar surface area (TPSA) is 89.6 Å². The Labute approximate surface area is 201 Å². The number of carbonyl (C=O) groups excluding carboxylic acids is 2. The standard InChI is InChI=1S/C25H26FN3O4S/c1-32-21-11-4-5-12-22(21)33-14-23-27-20(15-34-23)25(31)29-19-10-3-2-9-18(19)28-24(30)16-7-6-8-17(26)13-16/h4-8,11-13,15,18-19H,2-3,9-10,14H2,1H3,(H,28,30)(H,29,31)/t18-,19+/m0/s1. The Kier molecular flexibility index (Phi) is 7.74. The average Bonchev–Trinajstić information content (AvgIpc) is 3.33. The van der Waals surface area contributed by atoms with Crippen LogP contribution in [0.15, 0.2) is 53.9 Å². The van der Waals surface area contributed by atoms with E-state index in [-0.39, 0.29) is 36.1 Å². The van der Waals surface area contributed by atoms with Crippen molar-refractivity contribution >= 4 is 23.2 Å². The number of methoxy groups -OCH3 is 1. The van der Waals surface area contributed by atoms with E-state index in [0.717, 1.165) is 25.7 Å². The molecule has 0 spiro atoms. The van der Waals surface area contributed by atoms with Gasteiger partial charge >= 0.3 is 0 Å². The molecule has 2 amide bonds. The summed E-state index contributed by atoms with van der Waals surface area (Å²) < 4.78 is 24.5. The molecule has 1 fully saturated rings. The smallest absolute Gasteiger partial charge is 0.271 e. The van der Waals surface area contributed by atoms with Crippen LogP contribution in [0.4, 0.5) is 4.39 Å². The van der Waals surface area contributed by atoms with E-state index < -0.39 is 5.82 Å². The highest BCUT2D eigenvalue weighted by Gasteiger charge is 2.29. The highest BCUT2D eigenvalue weighted by molar-refractivity contribution is 7.09. The third-order valence-corrected chi connectivity index (χ3v) is 6.51. The predicted octanol–water partition coefficient (Wildman–Crippen LogP) is 4.34. The molecule has 3 aromatic rings. The van der Waals surface area contributed by atoms with Crippen molar-refractivity contribution in [2.45, 2.75) is 44.4 Å². The Morgan fingerprint density at radius 1 is 1.03 bits per heavy atom. The fraction of sp³-hybridized carbons (Fsp3) is 0.320. The number of carbonyl (C=O) groups is 2. The van der Waals surface area contributed by atoms with Crippen molar-refractivity contribution in [2.24, 2.45) is 0 Å². The molecule has 4 rings (SSSR count). The number of ether oxygens (including phenoxy) is 2. The minimum Gasteiger partial charge on any atom is -0.493 e. The maximum atomic E-state index is 13.5. The van der Waals surface area contributed by atoms with Gasteiger partial charge in [0.1, 0.15) is 23.1 Å². The number of hydrogen-bond acceptors (Lipinski definition) is 6. The molecular formula is C25H26FN3O4S. The van der Waals surface area contributed by atoms with Crippen molar-refractivity contribution in [3.63, 3.8) is 0 Å². The van der Waals surface area contributed by atoms with Crippen LogP contribution >= 0.6 is 11.3 Å². The number of para-hydroxylation sites is 2. The molecule has 2 aromatic carbocycles. The SMILES string of the molecule is COc1ccccc1OCc1nc(C(=O)N[C@@H]2CCCC[C@@H]2NC(=O)c2cccc(F)c2)cs1. The number of benzene rings is 2. The highest BCUT2D eigenvalue weighted by atomic mass is 32.1. The van der Waals surface area contributed by atoms with Crippen molar-refractivity contribution in [2.75, 3.05) is 7.11 Å². The largest absolute Gasteiger partial charge is 0.493 e. The number of nitrogens with zero attached hydrogens (tertiary/aromatic N) is 1. The Hall–Kier alpha value is -3.46. The molecule has 0 saturated heterocycles. The van der Waals surface area contributed by atoms with Crippen LogP contribution in [0.25, 0.3) is 0 Å². The fourth-order valence-electron chi connectivity index (χ4n) is 3.96. The molecule has 0 radical (unpaired) electrons. The molecule has 1 saturated carbocycles. The molecule has 2 N–H and O–H groups in total. The van der Waals surface area contributed by atoms with Gasteiger partial charge in [0.2, 0.25) is 0 Å². The number of aromatic nitrogens is 1. The molecule has 34 heavy (non-hydrogen) atoms. The van der Waals surface area contributed by atoms with Gasteiger partial charge < -0.3 is 20.1 Å². The lowest BCUT2D eigenvalue weighted by Gasteiger charge is -2.32. The van der Waals surface area contributed by atoms with E-state index >= 15 is 0 Å². The number of thiazole rings is 1. The van der Waals surface area contributed by atoms with Crippen LogP contribution in [0.2, 0.25) is 0 Å². The van der Waals surface area contributed by atoms with Gasteiger partial charge in [-0.25, -0.2) is 9.37 Å². The Morgan fingerprint density at radius 3 is 2.44 bits per heavy atom. The summed E-state index contributed by atoms with van der Waals surface area (Å²) in [6.45, 7) is 0.216. The lowest BCUT2D eigenvalue weighted by molar-refractivity contribution is 0.0860. The van der Waals surface area contributed by atoms with E-state index in [1.165, 1.54) is 29.5 Å². The number of nitrogens with one attached hydrogen (secondary N) is 2. The van der Waals surface area contributed by atoms with Crippen LogP contribution in [0.3, 0.4) is 0 Å². The van der Waals surface area contributed by atoms with E-state index in [0.29, 0.717) is 22.2 Å². The second-order valence-corrected chi connectivity index (χ2v) is 8.96. The maximum Gasteiger partial charge on any atom is 0.271 e. The zero-order chi connectivity index (χ0) is 23.9. The van der Waals surface area contributed by atoms with E-state index in [2.05, 4.69) is 15.6 Å². The highest BCUT2D eigenvalue weighted by Crippen LogP contribution is 2.27. The summed E-state index contributed by atoms with van der Waals surface area (Å²) in [6, 6.07) is 12.4. The molecule has 1 heterocycles. The summed E-state index contributed by atoms with van der Waals surface area (Å²) in [7, 11) is 1.58. The van der Waals surface area contributed by atoms with Crippen molar-refractivity contribution in [3.05, 3.63) is 76.0 Å². The number of rotatable bonds is 8. The molecular weight excluding hydrogens is 457 g/mol. The molecule has 0 bridgehead atoms. The van der Waals surface area contributed by atoms with E-state index in [1.54, 1.807) is 24.6 Å². The lowest BCUT2D eigenvalue weighted by Crippen LogP contribution is -2.53. The van der Waals surface area contributed by atoms with Crippen LogP contribution in [0.1, 0.15) is 51.5 Å². The average molecular weight is 484 g/mol. The second kappa shape index (κ2) is 11.1. The third kappa shape index (κ3) is 5.91. The Morgan fingerprint density at radius 2 is 1.74 bits per heavy atom. The number of amides is 2. The summed E-state index contributed by atoms with van der Waals surface area (Å²) in [5, 5.41) is 8.32. The molecule has 9 heteroatoms. The van der Waals surface area contributed by atoms with Crippen molar-refractivity contribution < 1.29 is 23.5 Å². The first-order chi connectivity index (χ1) is 16.5. The van der Waals surface area contributed by atoms with Gasteiger partial charge in [0.15, 0.2) is 11.5 Å².